The third-order valence-corrected chi connectivity index (χ3v) is 4.95. The lowest BCUT2D eigenvalue weighted by Gasteiger charge is -2.24. The largest absolute Gasteiger partial charge is 0.304 e. The summed E-state index contributed by atoms with van der Waals surface area (Å²) in [5, 5.41) is 8.71. The van der Waals surface area contributed by atoms with Crippen molar-refractivity contribution in [2.24, 2.45) is 5.92 Å². The van der Waals surface area contributed by atoms with Crippen LogP contribution in [0.1, 0.15) is 63.5 Å². The summed E-state index contributed by atoms with van der Waals surface area (Å²) >= 11 is 0. The fraction of sp³-hybridized carbons (Fsp3) is 0.450. The van der Waals surface area contributed by atoms with Gasteiger partial charge in [-0.3, -0.25) is 0 Å². The molecule has 0 unspecified atom stereocenters. The highest BCUT2D eigenvalue weighted by atomic mass is 14.5. The van der Waals surface area contributed by atoms with Gasteiger partial charge < -0.3 is 5.41 Å². The SMILES string of the molecule is CC1=CC(C)=C(c2ccccc2C(=N)C2CCCCC2)C1. The third kappa shape index (κ3) is 2.88. The quantitative estimate of drug-likeness (QED) is 0.680. The summed E-state index contributed by atoms with van der Waals surface area (Å²) in [6.45, 7) is 4.40. The van der Waals surface area contributed by atoms with Crippen molar-refractivity contribution in [2.45, 2.75) is 52.4 Å². The topological polar surface area (TPSA) is 23.9 Å². The molecular weight excluding hydrogens is 254 g/mol. The van der Waals surface area contributed by atoms with Crippen LogP contribution in [0.2, 0.25) is 0 Å². The van der Waals surface area contributed by atoms with Crippen LogP contribution in [0.25, 0.3) is 5.57 Å². The van der Waals surface area contributed by atoms with E-state index in [1.165, 1.54) is 60.0 Å². The van der Waals surface area contributed by atoms with Crippen molar-refractivity contribution in [2.75, 3.05) is 0 Å². The van der Waals surface area contributed by atoms with Crippen molar-refractivity contribution >= 4 is 11.3 Å². The van der Waals surface area contributed by atoms with Crippen LogP contribution in [-0.2, 0) is 0 Å². The molecule has 3 rings (SSSR count). The van der Waals surface area contributed by atoms with Gasteiger partial charge in [0.2, 0.25) is 0 Å². The van der Waals surface area contributed by atoms with Crippen LogP contribution < -0.4 is 0 Å². The van der Waals surface area contributed by atoms with Crippen LogP contribution in [0.3, 0.4) is 0 Å². The van der Waals surface area contributed by atoms with E-state index in [9.17, 15) is 0 Å². The maximum absolute atomic E-state index is 8.71. The summed E-state index contributed by atoms with van der Waals surface area (Å²) in [7, 11) is 0. The molecule has 0 saturated heterocycles. The van der Waals surface area contributed by atoms with Gasteiger partial charge in [0, 0.05) is 17.2 Å². The molecule has 110 valence electrons. The minimum absolute atomic E-state index is 0.469. The summed E-state index contributed by atoms with van der Waals surface area (Å²) in [5.74, 6) is 0.469. The van der Waals surface area contributed by atoms with Crippen LogP contribution in [0.4, 0.5) is 0 Å². The van der Waals surface area contributed by atoms with Gasteiger partial charge in [-0.2, -0.15) is 0 Å². The third-order valence-electron chi connectivity index (χ3n) is 4.95. The molecule has 0 spiro atoms. The second-order valence-corrected chi connectivity index (χ2v) is 6.62. The zero-order chi connectivity index (χ0) is 14.8. The Morgan fingerprint density at radius 3 is 2.43 bits per heavy atom. The molecule has 1 aromatic rings. The fourth-order valence-electron chi connectivity index (χ4n) is 3.83. The Kier molecular flexibility index (Phi) is 4.10. The highest BCUT2D eigenvalue weighted by Gasteiger charge is 2.23. The van der Waals surface area contributed by atoms with Crippen LogP contribution in [0, 0.1) is 11.3 Å². The van der Waals surface area contributed by atoms with Crippen molar-refractivity contribution < 1.29 is 0 Å². The Morgan fingerprint density at radius 1 is 1.05 bits per heavy atom. The van der Waals surface area contributed by atoms with Gasteiger partial charge >= 0.3 is 0 Å². The van der Waals surface area contributed by atoms with Crippen molar-refractivity contribution in [3.8, 4) is 0 Å². The molecule has 0 aliphatic heterocycles. The van der Waals surface area contributed by atoms with Gasteiger partial charge in [0.25, 0.3) is 0 Å². The molecule has 0 bridgehead atoms. The van der Waals surface area contributed by atoms with Gasteiger partial charge in [-0.1, -0.05) is 55.2 Å². The minimum atomic E-state index is 0.469. The monoisotopic (exact) mass is 279 g/mol. The molecule has 1 fully saturated rings. The zero-order valence-electron chi connectivity index (χ0n) is 13.2. The summed E-state index contributed by atoms with van der Waals surface area (Å²) in [6.07, 6.45) is 9.65. The predicted molar refractivity (Wildman–Crippen MR) is 90.8 cm³/mol. The first-order valence-corrected chi connectivity index (χ1v) is 8.22. The molecule has 0 aromatic heterocycles. The van der Waals surface area contributed by atoms with Crippen molar-refractivity contribution in [3.63, 3.8) is 0 Å². The lowest BCUT2D eigenvalue weighted by atomic mass is 9.81. The average Bonchev–Trinajstić information content (AvgIpc) is 2.86. The molecule has 0 radical (unpaired) electrons. The lowest BCUT2D eigenvalue weighted by Crippen LogP contribution is -2.19. The van der Waals surface area contributed by atoms with E-state index in [1.54, 1.807) is 0 Å². The Labute approximate surface area is 128 Å². The molecule has 1 aromatic carbocycles. The summed E-state index contributed by atoms with van der Waals surface area (Å²) < 4.78 is 0. The number of hydrogen-bond acceptors (Lipinski definition) is 1. The van der Waals surface area contributed by atoms with Gasteiger partial charge in [0.05, 0.1) is 0 Å². The molecule has 1 saturated carbocycles. The van der Waals surface area contributed by atoms with Crippen molar-refractivity contribution in [1.82, 2.24) is 0 Å². The molecule has 0 heterocycles. The van der Waals surface area contributed by atoms with E-state index in [-0.39, 0.29) is 0 Å². The Hall–Kier alpha value is -1.63. The highest BCUT2D eigenvalue weighted by Crippen LogP contribution is 2.36. The van der Waals surface area contributed by atoms with Crippen molar-refractivity contribution in [1.29, 1.82) is 5.41 Å². The van der Waals surface area contributed by atoms with Crippen LogP contribution in [0.15, 0.2) is 41.5 Å². The Bertz CT molecular complexity index is 612. The van der Waals surface area contributed by atoms with E-state index in [4.69, 9.17) is 5.41 Å². The zero-order valence-corrected chi connectivity index (χ0v) is 13.2. The second kappa shape index (κ2) is 6.01. The molecule has 1 heteroatoms. The minimum Gasteiger partial charge on any atom is -0.304 e. The summed E-state index contributed by atoms with van der Waals surface area (Å²) in [5.41, 5.74) is 7.55. The molecule has 0 amide bonds. The van der Waals surface area contributed by atoms with E-state index in [2.05, 4.69) is 44.2 Å². The van der Waals surface area contributed by atoms with E-state index in [0.29, 0.717) is 5.92 Å². The van der Waals surface area contributed by atoms with E-state index in [0.717, 1.165) is 12.1 Å². The number of nitrogens with one attached hydrogen (secondary N) is 1. The van der Waals surface area contributed by atoms with Crippen LogP contribution in [0.5, 0.6) is 0 Å². The fourth-order valence-corrected chi connectivity index (χ4v) is 3.83. The molecule has 1 nitrogen and oxygen atoms in total. The molecular formula is C20H25N. The first kappa shape index (κ1) is 14.3. The average molecular weight is 279 g/mol. The maximum atomic E-state index is 8.71. The normalized spacial score (nSPS) is 19.8. The maximum Gasteiger partial charge on any atom is 0.0423 e. The van der Waals surface area contributed by atoms with Gasteiger partial charge in [0.1, 0.15) is 0 Å². The van der Waals surface area contributed by atoms with E-state index < -0.39 is 0 Å². The summed E-state index contributed by atoms with van der Waals surface area (Å²) in [4.78, 5) is 0. The standard InChI is InChI=1S/C20H25N/c1-14-12-15(2)19(13-14)17-10-6-7-11-18(17)20(21)16-8-4-3-5-9-16/h6-7,10-12,16,21H,3-5,8-9,13H2,1-2H3. The number of benzene rings is 1. The van der Waals surface area contributed by atoms with Crippen LogP contribution >= 0.6 is 0 Å². The molecule has 2 aliphatic carbocycles. The van der Waals surface area contributed by atoms with Gasteiger partial charge in [0.15, 0.2) is 0 Å². The second-order valence-electron chi connectivity index (χ2n) is 6.62. The van der Waals surface area contributed by atoms with E-state index >= 15 is 0 Å². The Balaban J connectivity index is 1.93. The van der Waals surface area contributed by atoms with Gasteiger partial charge in [-0.15, -0.1) is 0 Å². The Morgan fingerprint density at radius 2 is 1.76 bits per heavy atom. The highest BCUT2D eigenvalue weighted by molar-refractivity contribution is 6.04. The van der Waals surface area contributed by atoms with Crippen LogP contribution in [-0.4, -0.2) is 5.71 Å². The predicted octanol–water partition coefficient (Wildman–Crippen LogP) is 5.76. The number of hydrogen-bond donors (Lipinski definition) is 1. The number of rotatable bonds is 3. The summed E-state index contributed by atoms with van der Waals surface area (Å²) in [6, 6.07) is 8.56. The first-order chi connectivity index (χ1) is 10.2. The van der Waals surface area contributed by atoms with Gasteiger partial charge in [-0.05, 0) is 49.8 Å². The smallest absolute Gasteiger partial charge is 0.0423 e. The number of allylic oxidation sites excluding steroid dienone is 4. The van der Waals surface area contributed by atoms with E-state index in [1.807, 2.05) is 0 Å². The molecule has 1 N–H and O–H groups in total. The van der Waals surface area contributed by atoms with Gasteiger partial charge in [-0.25, -0.2) is 0 Å². The lowest BCUT2D eigenvalue weighted by molar-refractivity contribution is 0.438. The molecule has 21 heavy (non-hydrogen) atoms. The van der Waals surface area contributed by atoms with Crippen molar-refractivity contribution in [3.05, 3.63) is 52.6 Å². The first-order valence-electron chi connectivity index (χ1n) is 8.22. The molecule has 0 atom stereocenters. The molecule has 2 aliphatic rings.